The van der Waals surface area contributed by atoms with Crippen molar-refractivity contribution in [3.63, 3.8) is 0 Å². The number of nitrogens with zero attached hydrogens (tertiary/aromatic N) is 2. The minimum atomic E-state index is -0.471. The van der Waals surface area contributed by atoms with E-state index in [4.69, 9.17) is 14.2 Å². The monoisotopic (exact) mass is 470 g/mol. The Morgan fingerprint density at radius 3 is 1.86 bits per heavy atom. The SMILES string of the molecule is COc1cc(C(=O)c2c(N3C(=O)c4ccccc4C3=O)c3ccccc3n2C)cc(OC)c1OC. The number of ether oxygens (including phenoxy) is 3. The topological polar surface area (TPSA) is 87.1 Å². The van der Waals surface area contributed by atoms with Gasteiger partial charge in [-0.3, -0.25) is 14.4 Å². The van der Waals surface area contributed by atoms with E-state index in [1.807, 2.05) is 12.1 Å². The summed E-state index contributed by atoms with van der Waals surface area (Å²) < 4.78 is 17.9. The van der Waals surface area contributed by atoms with E-state index in [2.05, 4.69) is 0 Å². The van der Waals surface area contributed by atoms with Crippen LogP contribution in [-0.4, -0.2) is 43.5 Å². The second-order valence-corrected chi connectivity index (χ2v) is 8.01. The molecule has 0 bridgehead atoms. The first-order chi connectivity index (χ1) is 16.9. The van der Waals surface area contributed by atoms with Crippen molar-refractivity contribution in [1.29, 1.82) is 0 Å². The maximum absolute atomic E-state index is 14.0. The highest BCUT2D eigenvalue weighted by molar-refractivity contribution is 6.38. The lowest BCUT2D eigenvalue weighted by Crippen LogP contribution is -2.31. The number of carbonyl (C=O) groups excluding carboxylic acids is 3. The molecule has 0 aliphatic carbocycles. The molecule has 2 amide bonds. The number of aryl methyl sites for hydroxylation is 1. The molecule has 0 spiro atoms. The number of imide groups is 1. The summed E-state index contributed by atoms with van der Waals surface area (Å²) in [6.45, 7) is 0. The van der Waals surface area contributed by atoms with Crippen LogP contribution in [0, 0.1) is 0 Å². The number of hydrogen-bond donors (Lipinski definition) is 0. The summed E-state index contributed by atoms with van der Waals surface area (Å²) in [5, 5.41) is 0.611. The van der Waals surface area contributed by atoms with Crippen molar-refractivity contribution in [2.75, 3.05) is 26.2 Å². The molecule has 176 valence electrons. The molecule has 0 atom stereocenters. The molecular formula is C27H22N2O6. The maximum atomic E-state index is 14.0. The average Bonchev–Trinajstić information content (AvgIpc) is 3.32. The standard InChI is InChI=1S/C27H22N2O6/c1-28-19-12-8-7-11-18(19)22(29-26(31)16-9-5-6-10-17(16)27(29)32)23(28)24(30)15-13-20(33-2)25(35-4)21(14-15)34-3/h5-14H,1-4H3. The van der Waals surface area contributed by atoms with Crippen molar-refractivity contribution >= 4 is 34.2 Å². The van der Waals surface area contributed by atoms with Crippen molar-refractivity contribution < 1.29 is 28.6 Å². The first kappa shape index (κ1) is 22.2. The second-order valence-electron chi connectivity index (χ2n) is 8.01. The summed E-state index contributed by atoms with van der Waals surface area (Å²) in [5.74, 6) is -0.368. The van der Waals surface area contributed by atoms with Gasteiger partial charge in [-0.2, -0.15) is 0 Å². The lowest BCUT2D eigenvalue weighted by molar-refractivity contribution is 0.0926. The molecule has 2 heterocycles. The Labute approximate surface area is 201 Å². The first-order valence-electron chi connectivity index (χ1n) is 10.8. The Morgan fingerprint density at radius 1 is 0.771 bits per heavy atom. The van der Waals surface area contributed by atoms with Crippen LogP contribution in [0.5, 0.6) is 17.2 Å². The van der Waals surface area contributed by atoms with Crippen LogP contribution in [-0.2, 0) is 7.05 Å². The zero-order chi connectivity index (χ0) is 24.9. The zero-order valence-corrected chi connectivity index (χ0v) is 19.6. The van der Waals surface area contributed by atoms with Crippen molar-refractivity contribution in [1.82, 2.24) is 4.57 Å². The number of amides is 2. The summed E-state index contributed by atoms with van der Waals surface area (Å²) in [4.78, 5) is 41.9. The molecule has 35 heavy (non-hydrogen) atoms. The number of ketones is 1. The van der Waals surface area contributed by atoms with E-state index in [-0.39, 0.29) is 16.9 Å². The van der Waals surface area contributed by atoms with E-state index in [9.17, 15) is 14.4 Å². The number of aromatic nitrogens is 1. The van der Waals surface area contributed by atoms with E-state index >= 15 is 0 Å². The van der Waals surface area contributed by atoms with Crippen LogP contribution in [0.15, 0.2) is 60.7 Å². The van der Waals surface area contributed by atoms with Gasteiger partial charge < -0.3 is 18.8 Å². The van der Waals surface area contributed by atoms with Crippen molar-refractivity contribution in [2.45, 2.75) is 0 Å². The number of methoxy groups -OCH3 is 3. The Bertz CT molecular complexity index is 1470. The number of rotatable bonds is 6. The average molecular weight is 470 g/mol. The largest absolute Gasteiger partial charge is 0.493 e. The molecule has 5 rings (SSSR count). The van der Waals surface area contributed by atoms with Crippen LogP contribution in [0.1, 0.15) is 36.8 Å². The quantitative estimate of drug-likeness (QED) is 0.310. The number of para-hydroxylation sites is 1. The van der Waals surface area contributed by atoms with Gasteiger partial charge in [-0.05, 0) is 30.3 Å². The molecule has 1 aromatic heterocycles. The minimum absolute atomic E-state index is 0.190. The Hall–Kier alpha value is -4.59. The van der Waals surface area contributed by atoms with Crippen LogP contribution in [0.3, 0.4) is 0 Å². The third kappa shape index (κ3) is 3.18. The van der Waals surface area contributed by atoms with Gasteiger partial charge in [0.25, 0.3) is 11.8 Å². The van der Waals surface area contributed by atoms with Gasteiger partial charge in [0, 0.05) is 18.0 Å². The van der Waals surface area contributed by atoms with Crippen LogP contribution >= 0.6 is 0 Å². The van der Waals surface area contributed by atoms with Gasteiger partial charge in [0.15, 0.2) is 11.5 Å². The molecule has 0 fully saturated rings. The first-order valence-corrected chi connectivity index (χ1v) is 10.8. The van der Waals surface area contributed by atoms with Crippen LogP contribution in [0.2, 0.25) is 0 Å². The van der Waals surface area contributed by atoms with Gasteiger partial charge >= 0.3 is 0 Å². The molecule has 8 nitrogen and oxygen atoms in total. The zero-order valence-electron chi connectivity index (χ0n) is 19.6. The predicted octanol–water partition coefficient (Wildman–Crippen LogP) is 4.24. The third-order valence-corrected chi connectivity index (χ3v) is 6.24. The predicted molar refractivity (Wildman–Crippen MR) is 130 cm³/mol. The number of hydrogen-bond acceptors (Lipinski definition) is 6. The van der Waals surface area contributed by atoms with Gasteiger partial charge in [-0.15, -0.1) is 0 Å². The summed E-state index contributed by atoms with van der Waals surface area (Å²) in [6, 6.07) is 17.0. The third-order valence-electron chi connectivity index (χ3n) is 6.24. The molecule has 1 aliphatic heterocycles. The van der Waals surface area contributed by atoms with Gasteiger partial charge in [0.05, 0.1) is 43.7 Å². The second kappa shape index (κ2) is 8.32. The number of anilines is 1. The summed E-state index contributed by atoms with van der Waals surface area (Å²) >= 11 is 0. The molecule has 0 saturated carbocycles. The highest BCUT2D eigenvalue weighted by Gasteiger charge is 2.40. The molecule has 4 aromatic rings. The van der Waals surface area contributed by atoms with Gasteiger partial charge in [0.2, 0.25) is 11.5 Å². The molecule has 0 N–H and O–H groups in total. The van der Waals surface area contributed by atoms with Crippen molar-refractivity contribution in [2.24, 2.45) is 7.05 Å². The number of fused-ring (bicyclic) bond motifs is 2. The lowest BCUT2D eigenvalue weighted by atomic mass is 10.0. The summed E-state index contributed by atoms with van der Waals surface area (Å²) in [5.41, 5.74) is 1.99. The smallest absolute Gasteiger partial charge is 0.266 e. The minimum Gasteiger partial charge on any atom is -0.493 e. The van der Waals surface area contributed by atoms with Crippen LogP contribution in [0.25, 0.3) is 10.9 Å². The normalized spacial score (nSPS) is 12.7. The fraction of sp³-hybridized carbons (Fsp3) is 0.148. The molecule has 0 unspecified atom stereocenters. The Morgan fingerprint density at radius 2 is 1.31 bits per heavy atom. The van der Waals surface area contributed by atoms with E-state index in [0.29, 0.717) is 39.3 Å². The lowest BCUT2D eigenvalue weighted by Gasteiger charge is -2.17. The van der Waals surface area contributed by atoms with Gasteiger partial charge in [-0.1, -0.05) is 30.3 Å². The number of benzene rings is 3. The molecule has 3 aromatic carbocycles. The summed E-state index contributed by atoms with van der Waals surface area (Å²) in [7, 11) is 6.14. The van der Waals surface area contributed by atoms with Crippen molar-refractivity contribution in [3.05, 3.63) is 83.0 Å². The maximum Gasteiger partial charge on any atom is 0.266 e. The van der Waals surface area contributed by atoms with Gasteiger partial charge in [-0.25, -0.2) is 4.90 Å². The molecular weight excluding hydrogens is 448 g/mol. The fourth-order valence-electron chi connectivity index (χ4n) is 4.60. The van der Waals surface area contributed by atoms with E-state index < -0.39 is 17.6 Å². The van der Waals surface area contributed by atoms with Crippen LogP contribution in [0.4, 0.5) is 5.69 Å². The molecule has 0 saturated heterocycles. The summed E-state index contributed by atoms with van der Waals surface area (Å²) in [6.07, 6.45) is 0. The van der Waals surface area contributed by atoms with Crippen LogP contribution < -0.4 is 19.1 Å². The fourth-order valence-corrected chi connectivity index (χ4v) is 4.60. The van der Waals surface area contributed by atoms with Crippen molar-refractivity contribution in [3.8, 4) is 17.2 Å². The number of carbonyl (C=O) groups is 3. The molecule has 0 radical (unpaired) electrons. The van der Waals surface area contributed by atoms with Gasteiger partial charge in [0.1, 0.15) is 5.69 Å². The molecule has 1 aliphatic rings. The molecule has 8 heteroatoms. The highest BCUT2D eigenvalue weighted by atomic mass is 16.5. The van der Waals surface area contributed by atoms with E-state index in [1.165, 1.54) is 21.3 Å². The van der Waals surface area contributed by atoms with E-state index in [0.717, 1.165) is 4.90 Å². The highest BCUT2D eigenvalue weighted by Crippen LogP contribution is 2.42. The Kier molecular flexibility index (Phi) is 5.28. The van der Waals surface area contributed by atoms with E-state index in [1.54, 1.807) is 60.1 Å². The Balaban J connectivity index is 1.76.